The molecule has 104 valence electrons. The van der Waals surface area contributed by atoms with Crippen molar-refractivity contribution in [2.75, 3.05) is 6.61 Å². The second-order valence-electron chi connectivity index (χ2n) is 4.26. The molecule has 5 heteroatoms. The molecule has 0 saturated heterocycles. The van der Waals surface area contributed by atoms with Gasteiger partial charge in [0.05, 0.1) is 18.8 Å². The molecule has 0 fully saturated rings. The van der Waals surface area contributed by atoms with Crippen LogP contribution in [0.1, 0.15) is 28.7 Å². The molecule has 0 atom stereocenters. The third-order valence-electron chi connectivity index (χ3n) is 2.89. The van der Waals surface area contributed by atoms with Crippen LogP contribution in [0.25, 0.3) is 0 Å². The van der Waals surface area contributed by atoms with Crippen LogP contribution in [-0.4, -0.2) is 27.9 Å². The number of aromatic nitrogens is 3. The molecule has 0 aliphatic rings. The number of ether oxygens (including phenoxy) is 1. The van der Waals surface area contributed by atoms with Crippen molar-refractivity contribution in [3.05, 3.63) is 53.9 Å². The van der Waals surface area contributed by atoms with Gasteiger partial charge in [0.25, 0.3) is 0 Å². The smallest absolute Gasteiger partial charge is 0.172 e. The van der Waals surface area contributed by atoms with E-state index in [-0.39, 0.29) is 0 Å². The van der Waals surface area contributed by atoms with Crippen molar-refractivity contribution in [1.29, 1.82) is 0 Å². The number of carbonyl (C=O) groups is 1. The van der Waals surface area contributed by atoms with Gasteiger partial charge in [-0.2, -0.15) is 0 Å². The number of benzene rings is 1. The number of allylic oxidation sites excluding steroid dienone is 1. The molecular weight excluding hydrogens is 254 g/mol. The van der Waals surface area contributed by atoms with E-state index in [1.54, 1.807) is 10.8 Å². The zero-order valence-electron chi connectivity index (χ0n) is 11.5. The first kappa shape index (κ1) is 14.0. The van der Waals surface area contributed by atoms with E-state index in [0.29, 0.717) is 25.3 Å². The van der Waals surface area contributed by atoms with Crippen molar-refractivity contribution in [3.8, 4) is 5.75 Å². The van der Waals surface area contributed by atoms with Gasteiger partial charge in [-0.25, -0.2) is 4.68 Å². The lowest BCUT2D eigenvalue weighted by atomic mass is 10.1. The van der Waals surface area contributed by atoms with E-state index in [0.717, 1.165) is 23.3 Å². The Labute approximate surface area is 117 Å². The summed E-state index contributed by atoms with van der Waals surface area (Å²) in [5.74, 6) is 0.838. The molecule has 2 rings (SSSR count). The highest BCUT2D eigenvalue weighted by Gasteiger charge is 2.12. The van der Waals surface area contributed by atoms with Crippen molar-refractivity contribution < 1.29 is 9.53 Å². The highest BCUT2D eigenvalue weighted by molar-refractivity contribution is 5.73. The first-order valence-electron chi connectivity index (χ1n) is 6.48. The van der Waals surface area contributed by atoms with Gasteiger partial charge in [-0.1, -0.05) is 23.4 Å². The standard InChI is InChI=1S/C15H17N3O2/c1-3-9-18-15(14(11-19)16-17-18)10-12-5-7-13(8-6-12)20-4-2/h3,5-8,11H,1,4,9-10H2,2H3. The summed E-state index contributed by atoms with van der Waals surface area (Å²) in [4.78, 5) is 11.0. The molecule has 20 heavy (non-hydrogen) atoms. The van der Waals surface area contributed by atoms with Crippen LogP contribution >= 0.6 is 0 Å². The molecule has 0 aliphatic heterocycles. The molecule has 0 spiro atoms. The Hall–Kier alpha value is -2.43. The molecule has 0 aliphatic carbocycles. The Morgan fingerprint density at radius 1 is 1.35 bits per heavy atom. The highest BCUT2D eigenvalue weighted by Crippen LogP contribution is 2.16. The third-order valence-corrected chi connectivity index (χ3v) is 2.89. The van der Waals surface area contributed by atoms with Gasteiger partial charge in [0.1, 0.15) is 11.4 Å². The molecule has 0 unspecified atom stereocenters. The van der Waals surface area contributed by atoms with Crippen molar-refractivity contribution >= 4 is 6.29 Å². The van der Waals surface area contributed by atoms with Crippen molar-refractivity contribution in [3.63, 3.8) is 0 Å². The first-order chi connectivity index (χ1) is 9.78. The van der Waals surface area contributed by atoms with Gasteiger partial charge < -0.3 is 4.74 Å². The van der Waals surface area contributed by atoms with Gasteiger partial charge >= 0.3 is 0 Å². The molecular formula is C15H17N3O2. The van der Waals surface area contributed by atoms with Crippen LogP contribution in [-0.2, 0) is 13.0 Å². The number of hydrogen-bond acceptors (Lipinski definition) is 4. The highest BCUT2D eigenvalue weighted by atomic mass is 16.5. The summed E-state index contributed by atoms with van der Waals surface area (Å²) in [7, 11) is 0. The predicted octanol–water partition coefficient (Wildman–Crippen LogP) is 2.27. The van der Waals surface area contributed by atoms with E-state index in [1.807, 2.05) is 31.2 Å². The Kier molecular flexibility index (Phi) is 4.65. The molecule has 1 aromatic heterocycles. The minimum Gasteiger partial charge on any atom is -0.494 e. The fraction of sp³-hybridized carbons (Fsp3) is 0.267. The summed E-state index contributed by atoms with van der Waals surface area (Å²) in [5.41, 5.74) is 2.24. The molecule has 0 amide bonds. The third kappa shape index (κ3) is 3.12. The van der Waals surface area contributed by atoms with E-state index in [2.05, 4.69) is 16.9 Å². The van der Waals surface area contributed by atoms with Gasteiger partial charge in [-0.15, -0.1) is 11.7 Å². The van der Waals surface area contributed by atoms with E-state index >= 15 is 0 Å². The average molecular weight is 271 g/mol. The fourth-order valence-corrected chi connectivity index (χ4v) is 1.95. The summed E-state index contributed by atoms with van der Waals surface area (Å²) in [6, 6.07) is 7.79. The monoisotopic (exact) mass is 271 g/mol. The molecule has 0 bridgehead atoms. The maximum atomic E-state index is 11.0. The zero-order valence-corrected chi connectivity index (χ0v) is 11.5. The van der Waals surface area contributed by atoms with Crippen LogP contribution in [0.3, 0.4) is 0 Å². The lowest BCUT2D eigenvalue weighted by Crippen LogP contribution is -2.05. The molecule has 2 aromatic rings. The molecule has 0 saturated carbocycles. The number of carbonyl (C=O) groups excluding carboxylic acids is 1. The van der Waals surface area contributed by atoms with E-state index in [9.17, 15) is 4.79 Å². The molecule has 1 heterocycles. The van der Waals surface area contributed by atoms with Gasteiger partial charge in [0, 0.05) is 6.42 Å². The Bertz CT molecular complexity index is 588. The fourth-order valence-electron chi connectivity index (χ4n) is 1.95. The SMILES string of the molecule is C=CCn1nnc(C=O)c1Cc1ccc(OCC)cc1. The van der Waals surface area contributed by atoms with Gasteiger partial charge in [-0.05, 0) is 24.6 Å². The first-order valence-corrected chi connectivity index (χ1v) is 6.48. The lowest BCUT2D eigenvalue weighted by Gasteiger charge is -2.06. The van der Waals surface area contributed by atoms with Crippen LogP contribution in [0, 0.1) is 0 Å². The average Bonchev–Trinajstić information content (AvgIpc) is 2.84. The Morgan fingerprint density at radius 3 is 2.70 bits per heavy atom. The summed E-state index contributed by atoms with van der Waals surface area (Å²) < 4.78 is 7.09. The summed E-state index contributed by atoms with van der Waals surface area (Å²) >= 11 is 0. The van der Waals surface area contributed by atoms with Crippen LogP contribution in [0.4, 0.5) is 0 Å². The van der Waals surface area contributed by atoms with Crippen molar-refractivity contribution in [2.45, 2.75) is 19.9 Å². The number of rotatable bonds is 7. The normalized spacial score (nSPS) is 10.2. The van der Waals surface area contributed by atoms with Gasteiger partial charge in [0.15, 0.2) is 6.29 Å². The molecule has 1 aromatic carbocycles. The van der Waals surface area contributed by atoms with E-state index in [4.69, 9.17) is 4.74 Å². The summed E-state index contributed by atoms with van der Waals surface area (Å²) in [6.45, 7) is 6.80. The minimum absolute atomic E-state index is 0.376. The van der Waals surface area contributed by atoms with Crippen molar-refractivity contribution in [2.24, 2.45) is 0 Å². The zero-order chi connectivity index (χ0) is 14.4. The van der Waals surface area contributed by atoms with Gasteiger partial charge in [0.2, 0.25) is 0 Å². The minimum atomic E-state index is 0.376. The summed E-state index contributed by atoms with van der Waals surface area (Å²) in [6.07, 6.45) is 3.06. The molecule has 0 N–H and O–H groups in total. The van der Waals surface area contributed by atoms with Crippen LogP contribution < -0.4 is 4.74 Å². The molecule has 5 nitrogen and oxygen atoms in total. The number of aldehydes is 1. The topological polar surface area (TPSA) is 57.0 Å². The summed E-state index contributed by atoms with van der Waals surface area (Å²) in [5, 5.41) is 7.83. The second kappa shape index (κ2) is 6.65. The quantitative estimate of drug-likeness (QED) is 0.572. The molecule has 0 radical (unpaired) electrons. The second-order valence-corrected chi connectivity index (χ2v) is 4.26. The van der Waals surface area contributed by atoms with E-state index in [1.165, 1.54) is 0 Å². The largest absolute Gasteiger partial charge is 0.494 e. The van der Waals surface area contributed by atoms with Crippen LogP contribution in [0.15, 0.2) is 36.9 Å². The Morgan fingerprint density at radius 2 is 2.10 bits per heavy atom. The van der Waals surface area contributed by atoms with Crippen molar-refractivity contribution in [1.82, 2.24) is 15.0 Å². The van der Waals surface area contributed by atoms with Crippen LogP contribution in [0.5, 0.6) is 5.75 Å². The van der Waals surface area contributed by atoms with Crippen LogP contribution in [0.2, 0.25) is 0 Å². The number of nitrogens with zero attached hydrogens (tertiary/aromatic N) is 3. The van der Waals surface area contributed by atoms with E-state index < -0.39 is 0 Å². The Balaban J connectivity index is 2.21. The lowest BCUT2D eigenvalue weighted by molar-refractivity contribution is 0.111. The van der Waals surface area contributed by atoms with Gasteiger partial charge in [-0.3, -0.25) is 4.79 Å². The maximum absolute atomic E-state index is 11.0. The maximum Gasteiger partial charge on any atom is 0.172 e. The predicted molar refractivity (Wildman–Crippen MR) is 76.0 cm³/mol. The number of hydrogen-bond donors (Lipinski definition) is 0.